The van der Waals surface area contributed by atoms with Crippen LogP contribution in [-0.2, 0) is 12.4 Å². The first-order chi connectivity index (χ1) is 33.8. The van der Waals surface area contributed by atoms with Gasteiger partial charge in [-0.1, -0.05) is 84.9 Å². The summed E-state index contributed by atoms with van der Waals surface area (Å²) in [4.78, 5) is 0. The molecular weight excluding hydrogens is 893 g/mol. The first kappa shape index (κ1) is 43.2. The van der Waals surface area contributed by atoms with Gasteiger partial charge >= 0.3 is 12.4 Å². The Bertz CT molecular complexity index is 4030. The number of para-hydroxylation sites is 2. The number of hydrogen-bond acceptors (Lipinski definition) is 3. The van der Waals surface area contributed by atoms with Crippen LogP contribution >= 0.6 is 0 Å². The molecule has 0 bridgehead atoms. The minimum atomic E-state index is -5.19. The maximum Gasteiger partial charge on any atom is 0.417 e. The van der Waals surface area contributed by atoms with Gasteiger partial charge in [-0.05, 0) is 137 Å². The van der Waals surface area contributed by atoms with Crippen molar-refractivity contribution >= 4 is 43.6 Å². The molecule has 70 heavy (non-hydrogen) atoms. The lowest BCUT2D eigenvalue weighted by Crippen LogP contribution is -2.14. The molecule has 0 unspecified atom stereocenters. The van der Waals surface area contributed by atoms with Crippen molar-refractivity contribution in [2.24, 2.45) is 0 Å². The van der Waals surface area contributed by atoms with Crippen molar-refractivity contribution in [2.45, 2.75) is 12.4 Å². The summed E-state index contributed by atoms with van der Waals surface area (Å²) in [6.45, 7) is 0. The van der Waals surface area contributed by atoms with Crippen molar-refractivity contribution in [1.29, 1.82) is 15.8 Å². The van der Waals surface area contributed by atoms with E-state index in [1.807, 2.05) is 118 Å². The van der Waals surface area contributed by atoms with Gasteiger partial charge in [-0.25, -0.2) is 0 Å². The molecule has 0 aliphatic rings. The van der Waals surface area contributed by atoms with Gasteiger partial charge in [0.1, 0.15) is 0 Å². The van der Waals surface area contributed by atoms with Crippen LogP contribution in [0.1, 0.15) is 27.8 Å². The van der Waals surface area contributed by atoms with Gasteiger partial charge in [-0.2, -0.15) is 42.1 Å². The molecule has 0 N–H and O–H groups in total. The number of fused-ring (bicyclic) bond motifs is 6. The topological polar surface area (TPSA) is 81.2 Å². The molecule has 9 aromatic carbocycles. The number of alkyl halides is 6. The summed E-state index contributed by atoms with van der Waals surface area (Å²) < 4.78 is 95.0. The standard InChI is InChI=1S/C59H31F6N5/c60-58(61,62)50-8-5-9-51(59(63,64)65)57(50)45-24-23-42(69-52-10-3-1-6-43(52)48-29-40(21-26-54(48)69)38-17-12-35(32-66)13-18-38)31-46(45)47-28-37(34-68)16-25-55(47)70-53-11-4-2-7-44(53)49-30-41(22-27-56(49)70)39-19-14-36(33-67)15-20-39/h1-31H. The number of rotatable bonds is 6. The zero-order valence-electron chi connectivity index (χ0n) is 36.4. The van der Waals surface area contributed by atoms with Crippen molar-refractivity contribution in [1.82, 2.24) is 9.13 Å². The van der Waals surface area contributed by atoms with E-state index in [-0.39, 0.29) is 22.3 Å². The number of aromatic nitrogens is 2. The Kier molecular flexibility index (Phi) is 10.2. The fourth-order valence-electron chi connectivity index (χ4n) is 9.76. The smallest absolute Gasteiger partial charge is 0.309 e. The number of nitriles is 3. The normalized spacial score (nSPS) is 11.8. The molecule has 0 saturated carbocycles. The van der Waals surface area contributed by atoms with Gasteiger partial charge < -0.3 is 9.13 Å². The molecule has 0 fully saturated rings. The molecule has 0 aliphatic carbocycles. The minimum absolute atomic E-state index is 0.0204. The predicted octanol–water partition coefficient (Wildman–Crippen LogP) is 16.2. The highest BCUT2D eigenvalue weighted by Gasteiger charge is 2.42. The summed E-state index contributed by atoms with van der Waals surface area (Å²) in [7, 11) is 0. The van der Waals surface area contributed by atoms with Gasteiger partial charge in [0.2, 0.25) is 0 Å². The number of halogens is 6. The molecule has 0 spiro atoms. The average Bonchev–Trinajstić information content (AvgIpc) is 3.89. The van der Waals surface area contributed by atoms with E-state index in [1.54, 1.807) is 42.5 Å². The highest BCUT2D eigenvalue weighted by Crippen LogP contribution is 2.50. The quantitative estimate of drug-likeness (QED) is 0.156. The third-order valence-electron chi connectivity index (χ3n) is 12.9. The van der Waals surface area contributed by atoms with Crippen molar-refractivity contribution < 1.29 is 26.3 Å². The van der Waals surface area contributed by atoms with Crippen LogP contribution in [0.5, 0.6) is 0 Å². The Balaban J connectivity index is 1.22. The summed E-state index contributed by atoms with van der Waals surface area (Å²) >= 11 is 0. The average molecular weight is 924 g/mol. The molecule has 2 aromatic heterocycles. The monoisotopic (exact) mass is 923 g/mol. The van der Waals surface area contributed by atoms with Crippen LogP contribution in [0.2, 0.25) is 0 Å². The van der Waals surface area contributed by atoms with Crippen LogP contribution in [0.3, 0.4) is 0 Å². The molecular formula is C59H31F6N5. The van der Waals surface area contributed by atoms with E-state index in [0.29, 0.717) is 45.7 Å². The lowest BCUT2D eigenvalue weighted by Gasteiger charge is -2.23. The minimum Gasteiger partial charge on any atom is -0.309 e. The molecule has 11 rings (SSSR count). The van der Waals surface area contributed by atoms with E-state index in [9.17, 15) is 15.8 Å². The number of hydrogen-bond donors (Lipinski definition) is 0. The van der Waals surface area contributed by atoms with Crippen LogP contribution in [-0.4, -0.2) is 9.13 Å². The Hall–Kier alpha value is -9.37. The molecule has 0 aliphatic heterocycles. The second-order valence-electron chi connectivity index (χ2n) is 16.8. The number of nitrogens with zero attached hydrogens (tertiary/aromatic N) is 5. The second-order valence-corrected chi connectivity index (χ2v) is 16.8. The summed E-state index contributed by atoms with van der Waals surface area (Å²) in [5.74, 6) is 0. The molecule has 0 saturated heterocycles. The highest BCUT2D eigenvalue weighted by atomic mass is 19.4. The molecule has 2 heterocycles. The first-order valence-corrected chi connectivity index (χ1v) is 21.9. The van der Waals surface area contributed by atoms with Gasteiger partial charge in [0.15, 0.2) is 0 Å². The molecule has 0 amide bonds. The Labute approximate surface area is 395 Å². The van der Waals surface area contributed by atoms with Crippen molar-refractivity contribution in [3.05, 3.63) is 216 Å². The number of benzene rings is 9. The van der Waals surface area contributed by atoms with E-state index in [4.69, 9.17) is 0 Å². The van der Waals surface area contributed by atoms with Crippen molar-refractivity contribution in [3.8, 4) is 74.1 Å². The van der Waals surface area contributed by atoms with Gasteiger partial charge in [-0.3, -0.25) is 0 Å². The fraction of sp³-hybridized carbons (Fsp3) is 0.0339. The molecule has 5 nitrogen and oxygen atoms in total. The van der Waals surface area contributed by atoms with E-state index in [1.165, 1.54) is 18.2 Å². The Morgan fingerprint density at radius 3 is 1.31 bits per heavy atom. The van der Waals surface area contributed by atoms with Crippen LogP contribution < -0.4 is 0 Å². The summed E-state index contributed by atoms with van der Waals surface area (Å²) in [6.07, 6.45) is -10.4. The van der Waals surface area contributed by atoms with Gasteiger partial charge in [0.25, 0.3) is 0 Å². The largest absolute Gasteiger partial charge is 0.417 e. The summed E-state index contributed by atoms with van der Waals surface area (Å²) in [5.41, 5.74) is 4.20. The van der Waals surface area contributed by atoms with Crippen molar-refractivity contribution in [2.75, 3.05) is 0 Å². The van der Waals surface area contributed by atoms with E-state index in [0.717, 1.165) is 60.9 Å². The van der Waals surface area contributed by atoms with Crippen LogP contribution in [0.25, 0.3) is 99.5 Å². The maximum atomic E-state index is 15.2. The van der Waals surface area contributed by atoms with E-state index < -0.39 is 29.0 Å². The predicted molar refractivity (Wildman–Crippen MR) is 261 cm³/mol. The van der Waals surface area contributed by atoms with Crippen LogP contribution in [0, 0.1) is 34.0 Å². The lowest BCUT2D eigenvalue weighted by atomic mass is 9.86. The third kappa shape index (κ3) is 7.18. The molecule has 0 radical (unpaired) electrons. The maximum absolute atomic E-state index is 15.2. The zero-order chi connectivity index (χ0) is 48.5. The zero-order valence-corrected chi connectivity index (χ0v) is 36.4. The summed E-state index contributed by atoms with van der Waals surface area (Å²) in [5, 5.41) is 32.5. The highest BCUT2D eigenvalue weighted by molar-refractivity contribution is 6.12. The second kappa shape index (κ2) is 16.4. The Morgan fingerprint density at radius 1 is 0.343 bits per heavy atom. The summed E-state index contributed by atoms with van der Waals surface area (Å²) in [6, 6.07) is 58.9. The van der Waals surface area contributed by atoms with Crippen LogP contribution in [0.15, 0.2) is 188 Å². The first-order valence-electron chi connectivity index (χ1n) is 21.9. The lowest BCUT2D eigenvalue weighted by molar-refractivity contribution is -0.142. The fourth-order valence-corrected chi connectivity index (χ4v) is 9.76. The van der Waals surface area contributed by atoms with Gasteiger partial charge in [0.05, 0.1) is 73.8 Å². The van der Waals surface area contributed by atoms with Crippen molar-refractivity contribution in [3.63, 3.8) is 0 Å². The molecule has 11 heteroatoms. The molecule has 0 atom stereocenters. The van der Waals surface area contributed by atoms with Gasteiger partial charge in [0, 0.05) is 38.4 Å². The molecule has 334 valence electrons. The molecule has 11 aromatic rings. The Morgan fingerprint density at radius 2 is 0.800 bits per heavy atom. The van der Waals surface area contributed by atoms with E-state index >= 15 is 26.3 Å². The van der Waals surface area contributed by atoms with Crippen LogP contribution in [0.4, 0.5) is 26.3 Å². The van der Waals surface area contributed by atoms with E-state index in [2.05, 4.69) is 18.2 Å². The third-order valence-corrected chi connectivity index (χ3v) is 12.9. The van der Waals surface area contributed by atoms with Gasteiger partial charge in [-0.15, -0.1) is 0 Å². The SMILES string of the molecule is N#Cc1ccc(-c2ccc3c(c2)c2ccccc2n3-c2ccc(-c3c(C(F)(F)F)cccc3C(F)(F)F)c(-c3cc(C#N)ccc3-n3c4ccccc4c4cc(-c5ccc(C#N)cc5)ccc43)c2)cc1.